The summed E-state index contributed by atoms with van der Waals surface area (Å²) in [5, 5.41) is 4.60. The lowest BCUT2D eigenvalue weighted by Crippen LogP contribution is -2.28. The highest BCUT2D eigenvalue weighted by atomic mass is 32.1. The molecule has 2 aromatic carbocycles. The van der Waals surface area contributed by atoms with E-state index in [1.54, 1.807) is 11.4 Å². The number of hydrogen-bond acceptors (Lipinski definition) is 5. The maximum Gasteiger partial charge on any atom is 0.231 e. The molecule has 2 heterocycles. The molecule has 4 rings (SSSR count). The molecule has 6 nitrogen and oxygen atoms in total. The third-order valence-corrected chi connectivity index (χ3v) is 5.64. The van der Waals surface area contributed by atoms with E-state index < -0.39 is 35.2 Å². The van der Waals surface area contributed by atoms with Crippen LogP contribution in [0.3, 0.4) is 0 Å². The topological polar surface area (TPSA) is 71.5 Å². The Bertz CT molecular complexity index is 1170. The first-order valence-corrected chi connectivity index (χ1v) is 10.1. The molecule has 160 valence electrons. The zero-order valence-electron chi connectivity index (χ0n) is 16.2. The van der Waals surface area contributed by atoms with Crippen LogP contribution >= 0.6 is 11.3 Å². The maximum atomic E-state index is 14.0. The Morgan fingerprint density at radius 2 is 2.00 bits per heavy atom. The molecule has 1 N–H and O–H groups in total. The number of nitrogens with one attached hydrogen (secondary N) is 1. The number of carbonyl (C=O) groups is 2. The second kappa shape index (κ2) is 8.38. The minimum absolute atomic E-state index is 0.0326. The van der Waals surface area contributed by atoms with Crippen LogP contribution in [0.5, 0.6) is 5.75 Å². The minimum atomic E-state index is -0.870. The van der Waals surface area contributed by atoms with Crippen LogP contribution in [-0.4, -0.2) is 30.5 Å². The number of methoxy groups -OCH3 is 1. The molecule has 31 heavy (non-hydrogen) atoms. The van der Waals surface area contributed by atoms with Gasteiger partial charge in [0.05, 0.1) is 24.4 Å². The van der Waals surface area contributed by atoms with Gasteiger partial charge in [-0.05, 0) is 30.3 Å². The number of thiazole rings is 1. The first-order valence-electron chi connectivity index (χ1n) is 9.21. The fourth-order valence-corrected chi connectivity index (χ4v) is 4.04. The summed E-state index contributed by atoms with van der Waals surface area (Å²) in [5.41, 5.74) is 0.920. The van der Waals surface area contributed by atoms with Crippen molar-refractivity contribution in [1.82, 2.24) is 4.98 Å². The van der Waals surface area contributed by atoms with E-state index in [2.05, 4.69) is 10.3 Å². The molecule has 1 aromatic heterocycles. The molecule has 0 radical (unpaired) electrons. The molecule has 0 bridgehead atoms. The number of carbonyl (C=O) groups excluding carboxylic acids is 2. The van der Waals surface area contributed by atoms with Gasteiger partial charge in [-0.3, -0.25) is 9.59 Å². The average molecular weight is 447 g/mol. The van der Waals surface area contributed by atoms with Gasteiger partial charge >= 0.3 is 0 Å². The van der Waals surface area contributed by atoms with Crippen LogP contribution in [0.15, 0.2) is 41.8 Å². The monoisotopic (exact) mass is 447 g/mol. The quantitative estimate of drug-likeness (QED) is 0.636. The van der Waals surface area contributed by atoms with Crippen molar-refractivity contribution >= 4 is 34.0 Å². The minimum Gasteiger partial charge on any atom is -0.494 e. The number of benzene rings is 2. The number of hydrogen-bond donors (Lipinski definition) is 1. The highest BCUT2D eigenvalue weighted by Crippen LogP contribution is 2.31. The van der Waals surface area contributed by atoms with E-state index in [4.69, 9.17) is 4.74 Å². The van der Waals surface area contributed by atoms with Gasteiger partial charge in [0.25, 0.3) is 0 Å². The molecular formula is C21H16F3N3O3S. The van der Waals surface area contributed by atoms with E-state index in [1.165, 1.54) is 25.3 Å². The van der Waals surface area contributed by atoms with Crippen molar-refractivity contribution in [3.8, 4) is 17.0 Å². The Hall–Kier alpha value is -3.40. The Morgan fingerprint density at radius 1 is 1.19 bits per heavy atom. The Morgan fingerprint density at radius 3 is 2.71 bits per heavy atom. The predicted octanol–water partition coefficient (Wildman–Crippen LogP) is 4.23. The summed E-state index contributed by atoms with van der Waals surface area (Å²) in [4.78, 5) is 30.3. The summed E-state index contributed by atoms with van der Waals surface area (Å²) in [7, 11) is 1.37. The van der Waals surface area contributed by atoms with Gasteiger partial charge in [0, 0.05) is 30.0 Å². The Labute approximate surface area is 179 Å². The van der Waals surface area contributed by atoms with Gasteiger partial charge < -0.3 is 15.0 Å². The fourth-order valence-electron chi connectivity index (χ4n) is 3.31. The van der Waals surface area contributed by atoms with Crippen LogP contribution in [0, 0.1) is 23.4 Å². The van der Waals surface area contributed by atoms with Crippen molar-refractivity contribution in [1.29, 1.82) is 0 Å². The number of ether oxygens (including phenoxy) is 1. The molecule has 0 aliphatic carbocycles. The van der Waals surface area contributed by atoms with Gasteiger partial charge in [0.1, 0.15) is 11.6 Å². The molecule has 3 aromatic rings. The number of aromatic nitrogens is 1. The van der Waals surface area contributed by atoms with E-state index in [0.29, 0.717) is 17.3 Å². The van der Waals surface area contributed by atoms with Crippen LogP contribution in [0.4, 0.5) is 24.0 Å². The molecule has 1 fully saturated rings. The third-order valence-electron chi connectivity index (χ3n) is 4.88. The number of amides is 2. The Balaban J connectivity index is 1.44. The molecule has 1 aliphatic heterocycles. The highest BCUT2D eigenvalue weighted by molar-refractivity contribution is 7.14. The zero-order chi connectivity index (χ0) is 22.1. The molecule has 1 atom stereocenters. The lowest BCUT2D eigenvalue weighted by atomic mass is 10.1. The number of halogens is 3. The van der Waals surface area contributed by atoms with Crippen LogP contribution in [0.2, 0.25) is 0 Å². The number of rotatable bonds is 5. The number of anilines is 2. The molecule has 10 heteroatoms. The standard InChI is InChI=1S/C21H16F3N3O3S/c1-30-18-5-2-11(6-15(18)24)16-10-31-21(25-16)26-20(29)12-7-19(28)27(9-12)17-4-3-13(22)8-14(17)23/h2-6,8,10,12H,7,9H2,1H3,(H,25,26,29). The van der Waals surface area contributed by atoms with Crippen LogP contribution in [0.25, 0.3) is 11.3 Å². The van der Waals surface area contributed by atoms with Gasteiger partial charge in [-0.2, -0.15) is 0 Å². The lowest BCUT2D eigenvalue weighted by Gasteiger charge is -2.17. The highest BCUT2D eigenvalue weighted by Gasteiger charge is 2.36. The third kappa shape index (κ3) is 4.24. The summed E-state index contributed by atoms with van der Waals surface area (Å²) in [6, 6.07) is 7.32. The number of nitrogens with zero attached hydrogens (tertiary/aromatic N) is 2. The second-order valence-electron chi connectivity index (χ2n) is 6.88. The van der Waals surface area contributed by atoms with Gasteiger partial charge in [0.2, 0.25) is 11.8 Å². The first kappa shape index (κ1) is 20.9. The molecule has 0 spiro atoms. The van der Waals surface area contributed by atoms with Crippen molar-refractivity contribution in [2.24, 2.45) is 5.92 Å². The SMILES string of the molecule is COc1ccc(-c2csc(NC(=O)C3CC(=O)N(c4ccc(F)cc4F)C3)n2)cc1F. The predicted molar refractivity (Wildman–Crippen MR) is 110 cm³/mol. The first-order chi connectivity index (χ1) is 14.9. The molecular weight excluding hydrogens is 431 g/mol. The van der Waals surface area contributed by atoms with Crippen molar-refractivity contribution in [2.75, 3.05) is 23.9 Å². The largest absolute Gasteiger partial charge is 0.494 e. The summed E-state index contributed by atoms with van der Waals surface area (Å²) < 4.78 is 45.9. The van der Waals surface area contributed by atoms with E-state index in [0.717, 1.165) is 22.3 Å². The lowest BCUT2D eigenvalue weighted by molar-refractivity contribution is -0.122. The van der Waals surface area contributed by atoms with Gasteiger partial charge in [0.15, 0.2) is 16.7 Å². The van der Waals surface area contributed by atoms with Crippen molar-refractivity contribution < 1.29 is 27.5 Å². The smallest absolute Gasteiger partial charge is 0.231 e. The summed E-state index contributed by atoms with van der Waals surface area (Å²) >= 11 is 1.15. The zero-order valence-corrected chi connectivity index (χ0v) is 17.0. The van der Waals surface area contributed by atoms with E-state index >= 15 is 0 Å². The van der Waals surface area contributed by atoms with Gasteiger partial charge in [-0.25, -0.2) is 18.2 Å². The Kier molecular flexibility index (Phi) is 5.64. The summed E-state index contributed by atoms with van der Waals surface area (Å²) in [5.74, 6) is -3.64. The molecule has 1 saturated heterocycles. The van der Waals surface area contributed by atoms with Crippen LogP contribution in [-0.2, 0) is 9.59 Å². The maximum absolute atomic E-state index is 14.0. The van der Waals surface area contributed by atoms with Crippen LogP contribution < -0.4 is 15.0 Å². The fraction of sp³-hybridized carbons (Fsp3) is 0.190. The van der Waals surface area contributed by atoms with Gasteiger partial charge in [-0.15, -0.1) is 11.3 Å². The van der Waals surface area contributed by atoms with Crippen LogP contribution in [0.1, 0.15) is 6.42 Å². The molecule has 2 amide bonds. The molecule has 0 saturated carbocycles. The average Bonchev–Trinajstić information content (AvgIpc) is 3.35. The second-order valence-corrected chi connectivity index (χ2v) is 7.74. The van der Waals surface area contributed by atoms with Crippen molar-refractivity contribution in [3.63, 3.8) is 0 Å². The summed E-state index contributed by atoms with van der Waals surface area (Å²) in [6.07, 6.45) is -0.107. The summed E-state index contributed by atoms with van der Waals surface area (Å²) in [6.45, 7) is -0.0326. The molecule has 1 aliphatic rings. The van der Waals surface area contributed by atoms with Crippen molar-refractivity contribution in [3.05, 3.63) is 59.2 Å². The van der Waals surface area contributed by atoms with Crippen molar-refractivity contribution in [2.45, 2.75) is 6.42 Å². The van der Waals surface area contributed by atoms with E-state index in [9.17, 15) is 22.8 Å². The molecule has 1 unspecified atom stereocenters. The normalized spacial score (nSPS) is 15.9. The van der Waals surface area contributed by atoms with E-state index in [-0.39, 0.29) is 29.5 Å². The van der Waals surface area contributed by atoms with Gasteiger partial charge in [-0.1, -0.05) is 0 Å². The van der Waals surface area contributed by atoms with E-state index in [1.807, 2.05) is 0 Å².